The van der Waals surface area contributed by atoms with Gasteiger partial charge in [0, 0.05) is 19.1 Å². The Balaban J connectivity index is 2.67. The van der Waals surface area contributed by atoms with Gasteiger partial charge in [0.25, 0.3) is 0 Å². The van der Waals surface area contributed by atoms with E-state index in [4.69, 9.17) is 0 Å². The van der Waals surface area contributed by atoms with Crippen LogP contribution in [0.3, 0.4) is 0 Å². The van der Waals surface area contributed by atoms with Crippen LogP contribution >= 0.6 is 0 Å². The molecule has 1 N–H and O–H groups in total. The molecule has 1 aromatic carbocycles. The van der Waals surface area contributed by atoms with Gasteiger partial charge in [0.15, 0.2) is 0 Å². The van der Waals surface area contributed by atoms with Crippen LogP contribution in [-0.2, 0) is 0 Å². The summed E-state index contributed by atoms with van der Waals surface area (Å²) in [7, 11) is 4.17. The Morgan fingerprint density at radius 3 is 2.60 bits per heavy atom. The van der Waals surface area contributed by atoms with Gasteiger partial charge in [-0.15, -0.1) is 0 Å². The summed E-state index contributed by atoms with van der Waals surface area (Å²) in [6.45, 7) is 6.55. The smallest absolute Gasteiger partial charge is 0.0319 e. The third-order valence-corrected chi connectivity index (χ3v) is 3.01. The standard InChI is InChI=1S/C13H22N2/c1-11-7-5-6-8-13(11)12(2)15(4)10-9-14-3/h5-8,12,14H,9-10H2,1-4H3. The van der Waals surface area contributed by atoms with Gasteiger partial charge < -0.3 is 5.32 Å². The molecule has 0 aliphatic carbocycles. The summed E-state index contributed by atoms with van der Waals surface area (Å²) in [4.78, 5) is 2.37. The lowest BCUT2D eigenvalue weighted by Gasteiger charge is -2.26. The molecule has 0 aliphatic heterocycles. The number of rotatable bonds is 5. The highest BCUT2D eigenvalue weighted by molar-refractivity contribution is 5.28. The van der Waals surface area contributed by atoms with Crippen molar-refractivity contribution in [1.29, 1.82) is 0 Å². The molecule has 0 amide bonds. The molecule has 0 radical (unpaired) electrons. The van der Waals surface area contributed by atoms with E-state index in [1.807, 2.05) is 7.05 Å². The summed E-state index contributed by atoms with van der Waals surface area (Å²) in [6, 6.07) is 9.09. The fourth-order valence-electron chi connectivity index (χ4n) is 1.77. The summed E-state index contributed by atoms with van der Waals surface area (Å²) in [5, 5.41) is 3.18. The Morgan fingerprint density at radius 2 is 2.00 bits per heavy atom. The Hall–Kier alpha value is -0.860. The lowest BCUT2D eigenvalue weighted by molar-refractivity contribution is 0.263. The molecule has 15 heavy (non-hydrogen) atoms. The number of likely N-dealkylation sites (N-methyl/N-ethyl adjacent to an activating group) is 2. The average molecular weight is 206 g/mol. The van der Waals surface area contributed by atoms with Crippen molar-refractivity contribution in [1.82, 2.24) is 10.2 Å². The molecule has 1 rings (SSSR count). The molecule has 1 aromatic rings. The zero-order chi connectivity index (χ0) is 11.3. The molecule has 84 valence electrons. The molecule has 0 saturated heterocycles. The first-order valence-electron chi connectivity index (χ1n) is 5.57. The highest BCUT2D eigenvalue weighted by Gasteiger charge is 2.12. The summed E-state index contributed by atoms with van der Waals surface area (Å²) in [5.41, 5.74) is 2.80. The molecule has 0 bridgehead atoms. The Morgan fingerprint density at radius 1 is 1.33 bits per heavy atom. The normalized spacial score (nSPS) is 13.1. The predicted octanol–water partition coefficient (Wildman–Crippen LogP) is 2.21. The van der Waals surface area contributed by atoms with Crippen molar-refractivity contribution in [2.45, 2.75) is 19.9 Å². The molecule has 0 aliphatic rings. The molecular weight excluding hydrogens is 184 g/mol. The molecule has 0 spiro atoms. The molecule has 2 heteroatoms. The first kappa shape index (κ1) is 12.2. The number of hydrogen-bond acceptors (Lipinski definition) is 2. The van der Waals surface area contributed by atoms with Crippen LogP contribution < -0.4 is 5.32 Å². The fourth-order valence-corrected chi connectivity index (χ4v) is 1.77. The highest BCUT2D eigenvalue weighted by atomic mass is 15.1. The monoisotopic (exact) mass is 206 g/mol. The Bertz CT molecular complexity index is 296. The van der Waals surface area contributed by atoms with E-state index in [1.54, 1.807) is 0 Å². The number of hydrogen-bond donors (Lipinski definition) is 1. The molecule has 1 unspecified atom stereocenters. The van der Waals surface area contributed by atoms with Crippen LogP contribution in [0.2, 0.25) is 0 Å². The van der Waals surface area contributed by atoms with Crippen LogP contribution in [0.4, 0.5) is 0 Å². The average Bonchev–Trinajstić information content (AvgIpc) is 2.25. The van der Waals surface area contributed by atoms with Gasteiger partial charge in [-0.1, -0.05) is 24.3 Å². The van der Waals surface area contributed by atoms with Crippen LogP contribution in [0.1, 0.15) is 24.1 Å². The van der Waals surface area contributed by atoms with Crippen LogP contribution in [0, 0.1) is 6.92 Å². The zero-order valence-corrected chi connectivity index (χ0v) is 10.2. The third kappa shape index (κ3) is 3.33. The molecule has 0 saturated carbocycles. The lowest BCUT2D eigenvalue weighted by Crippen LogP contribution is -2.30. The summed E-state index contributed by atoms with van der Waals surface area (Å²) < 4.78 is 0. The van der Waals surface area contributed by atoms with Crippen LogP contribution in [-0.4, -0.2) is 32.1 Å². The van der Waals surface area contributed by atoms with Gasteiger partial charge in [0.2, 0.25) is 0 Å². The largest absolute Gasteiger partial charge is 0.318 e. The van der Waals surface area contributed by atoms with Gasteiger partial charge in [-0.2, -0.15) is 0 Å². The maximum Gasteiger partial charge on any atom is 0.0319 e. The van der Waals surface area contributed by atoms with Gasteiger partial charge in [-0.3, -0.25) is 4.90 Å². The molecule has 0 fully saturated rings. The van der Waals surface area contributed by atoms with Gasteiger partial charge in [-0.05, 0) is 39.1 Å². The molecule has 0 aromatic heterocycles. The van der Waals surface area contributed by atoms with Crippen molar-refractivity contribution in [2.24, 2.45) is 0 Å². The minimum Gasteiger partial charge on any atom is -0.318 e. The summed E-state index contributed by atoms with van der Waals surface area (Å²) >= 11 is 0. The quantitative estimate of drug-likeness (QED) is 0.794. The minimum absolute atomic E-state index is 0.486. The minimum atomic E-state index is 0.486. The number of nitrogens with zero attached hydrogens (tertiary/aromatic N) is 1. The van der Waals surface area contributed by atoms with Crippen molar-refractivity contribution in [3.05, 3.63) is 35.4 Å². The van der Waals surface area contributed by atoms with Gasteiger partial charge in [0.05, 0.1) is 0 Å². The first-order chi connectivity index (χ1) is 7.16. The van der Waals surface area contributed by atoms with Crippen molar-refractivity contribution in [3.63, 3.8) is 0 Å². The number of nitrogens with one attached hydrogen (secondary N) is 1. The summed E-state index contributed by atoms with van der Waals surface area (Å²) in [5.74, 6) is 0. The highest BCUT2D eigenvalue weighted by Crippen LogP contribution is 2.21. The maximum atomic E-state index is 3.18. The maximum absolute atomic E-state index is 3.18. The number of benzene rings is 1. The van der Waals surface area contributed by atoms with E-state index in [0.717, 1.165) is 13.1 Å². The SMILES string of the molecule is CNCCN(C)C(C)c1ccccc1C. The van der Waals surface area contributed by atoms with Crippen molar-refractivity contribution in [3.8, 4) is 0 Å². The molecule has 0 heterocycles. The fraction of sp³-hybridized carbons (Fsp3) is 0.538. The van der Waals surface area contributed by atoms with Gasteiger partial charge >= 0.3 is 0 Å². The summed E-state index contributed by atoms with van der Waals surface area (Å²) in [6.07, 6.45) is 0. The molecular formula is C13H22N2. The topological polar surface area (TPSA) is 15.3 Å². The van der Waals surface area contributed by atoms with Crippen molar-refractivity contribution < 1.29 is 0 Å². The predicted molar refractivity (Wildman–Crippen MR) is 66.2 cm³/mol. The van der Waals surface area contributed by atoms with Crippen molar-refractivity contribution >= 4 is 0 Å². The van der Waals surface area contributed by atoms with Crippen molar-refractivity contribution in [2.75, 3.05) is 27.2 Å². The molecule has 2 nitrogen and oxygen atoms in total. The second-order valence-electron chi connectivity index (χ2n) is 4.12. The van der Waals surface area contributed by atoms with Crippen LogP contribution in [0.5, 0.6) is 0 Å². The number of aryl methyl sites for hydroxylation is 1. The Labute approximate surface area is 93.3 Å². The van der Waals surface area contributed by atoms with E-state index in [-0.39, 0.29) is 0 Å². The zero-order valence-electron chi connectivity index (χ0n) is 10.2. The van der Waals surface area contributed by atoms with E-state index in [9.17, 15) is 0 Å². The van der Waals surface area contributed by atoms with Crippen LogP contribution in [0.15, 0.2) is 24.3 Å². The van der Waals surface area contributed by atoms with Gasteiger partial charge in [-0.25, -0.2) is 0 Å². The molecule has 1 atom stereocenters. The van der Waals surface area contributed by atoms with Gasteiger partial charge in [0.1, 0.15) is 0 Å². The van der Waals surface area contributed by atoms with E-state index < -0.39 is 0 Å². The second kappa shape index (κ2) is 5.89. The van der Waals surface area contributed by atoms with E-state index >= 15 is 0 Å². The van der Waals surface area contributed by atoms with Crippen LogP contribution in [0.25, 0.3) is 0 Å². The second-order valence-corrected chi connectivity index (χ2v) is 4.12. The van der Waals surface area contributed by atoms with E-state index in [1.165, 1.54) is 11.1 Å². The lowest BCUT2D eigenvalue weighted by atomic mass is 10.0. The first-order valence-corrected chi connectivity index (χ1v) is 5.57. The third-order valence-electron chi connectivity index (χ3n) is 3.01. The Kier molecular flexibility index (Phi) is 4.79. The van der Waals surface area contributed by atoms with E-state index in [0.29, 0.717) is 6.04 Å². The van der Waals surface area contributed by atoms with E-state index in [2.05, 4.69) is 55.4 Å².